The SMILES string of the molecule is CC(C)CCSCO. The van der Waals surface area contributed by atoms with Crippen molar-refractivity contribution in [3.63, 3.8) is 0 Å². The molecule has 1 nitrogen and oxygen atoms in total. The fourth-order valence-corrected chi connectivity index (χ4v) is 1.15. The van der Waals surface area contributed by atoms with E-state index in [-0.39, 0.29) is 5.94 Å². The molecule has 1 N–H and O–H groups in total. The van der Waals surface area contributed by atoms with Gasteiger partial charge < -0.3 is 5.11 Å². The van der Waals surface area contributed by atoms with Gasteiger partial charge in [0.25, 0.3) is 0 Å². The molecule has 8 heavy (non-hydrogen) atoms. The number of rotatable bonds is 4. The molecule has 0 rings (SSSR count). The second-order valence-corrected chi connectivity index (χ2v) is 3.29. The van der Waals surface area contributed by atoms with Crippen LogP contribution in [-0.4, -0.2) is 16.8 Å². The first-order valence-corrected chi connectivity index (χ1v) is 4.11. The van der Waals surface area contributed by atoms with Gasteiger partial charge in [-0.3, -0.25) is 0 Å². The third-order valence-corrected chi connectivity index (χ3v) is 1.64. The van der Waals surface area contributed by atoms with E-state index in [0.717, 1.165) is 11.7 Å². The second-order valence-electron chi connectivity index (χ2n) is 2.22. The average Bonchev–Trinajstić information content (AvgIpc) is 1.66. The Balaban J connectivity index is 2.72. The van der Waals surface area contributed by atoms with Crippen LogP contribution in [-0.2, 0) is 0 Å². The molecule has 2 heteroatoms. The number of hydrogen-bond acceptors (Lipinski definition) is 2. The Kier molecular flexibility index (Phi) is 5.66. The van der Waals surface area contributed by atoms with Gasteiger partial charge in [-0.05, 0) is 18.1 Å². The number of thioether (sulfide) groups is 1. The Morgan fingerprint density at radius 3 is 2.50 bits per heavy atom. The monoisotopic (exact) mass is 134 g/mol. The van der Waals surface area contributed by atoms with Crippen LogP contribution < -0.4 is 0 Å². The van der Waals surface area contributed by atoms with Crippen LogP contribution in [0.3, 0.4) is 0 Å². The van der Waals surface area contributed by atoms with E-state index in [4.69, 9.17) is 5.11 Å². The van der Waals surface area contributed by atoms with Crippen LogP contribution in [0, 0.1) is 5.92 Å². The molecular formula is C6H14OS. The first kappa shape index (κ1) is 8.31. The summed E-state index contributed by atoms with van der Waals surface area (Å²) in [7, 11) is 0. The summed E-state index contributed by atoms with van der Waals surface area (Å²) in [6.07, 6.45) is 1.21. The summed E-state index contributed by atoms with van der Waals surface area (Å²) in [4.78, 5) is 0. The molecule has 0 amide bonds. The summed E-state index contributed by atoms with van der Waals surface area (Å²) in [5, 5.41) is 8.34. The highest BCUT2D eigenvalue weighted by Gasteiger charge is 1.91. The standard InChI is InChI=1S/C6H14OS/c1-6(2)3-4-8-5-7/h6-7H,3-5H2,1-2H3. The third-order valence-electron chi connectivity index (χ3n) is 0.931. The van der Waals surface area contributed by atoms with Crippen molar-refractivity contribution in [2.45, 2.75) is 20.3 Å². The van der Waals surface area contributed by atoms with Crippen LogP contribution in [0.5, 0.6) is 0 Å². The van der Waals surface area contributed by atoms with Crippen molar-refractivity contribution in [1.29, 1.82) is 0 Å². The van der Waals surface area contributed by atoms with E-state index in [0.29, 0.717) is 0 Å². The highest BCUT2D eigenvalue weighted by molar-refractivity contribution is 7.99. The van der Waals surface area contributed by atoms with Gasteiger partial charge in [-0.25, -0.2) is 0 Å². The van der Waals surface area contributed by atoms with E-state index in [1.54, 1.807) is 11.8 Å². The number of aliphatic hydroxyl groups is 1. The minimum Gasteiger partial charge on any atom is -0.386 e. The Labute approximate surface area is 55.5 Å². The fraction of sp³-hybridized carbons (Fsp3) is 1.00. The quantitative estimate of drug-likeness (QED) is 0.466. The van der Waals surface area contributed by atoms with Gasteiger partial charge in [0.15, 0.2) is 0 Å². The molecule has 0 saturated heterocycles. The first-order valence-electron chi connectivity index (χ1n) is 2.96. The Bertz CT molecular complexity index is 45.8. The van der Waals surface area contributed by atoms with Gasteiger partial charge in [-0.2, -0.15) is 0 Å². The Hall–Kier alpha value is 0.310. The molecule has 0 aliphatic carbocycles. The maximum atomic E-state index is 8.34. The van der Waals surface area contributed by atoms with Crippen LogP contribution in [0.15, 0.2) is 0 Å². The molecule has 0 aliphatic heterocycles. The van der Waals surface area contributed by atoms with Crippen molar-refractivity contribution in [2.24, 2.45) is 5.92 Å². The minimum atomic E-state index is 0.271. The Morgan fingerprint density at radius 1 is 1.50 bits per heavy atom. The van der Waals surface area contributed by atoms with Crippen LogP contribution in [0.1, 0.15) is 20.3 Å². The van der Waals surface area contributed by atoms with Crippen molar-refractivity contribution < 1.29 is 5.11 Å². The fourth-order valence-electron chi connectivity index (χ4n) is 0.384. The summed E-state index contributed by atoms with van der Waals surface area (Å²) < 4.78 is 0. The zero-order valence-electron chi connectivity index (χ0n) is 5.55. The van der Waals surface area contributed by atoms with Gasteiger partial charge in [0.2, 0.25) is 0 Å². The smallest absolute Gasteiger partial charge is 0.0885 e. The molecule has 0 heterocycles. The first-order chi connectivity index (χ1) is 3.77. The van der Waals surface area contributed by atoms with E-state index in [9.17, 15) is 0 Å². The molecule has 50 valence electrons. The molecule has 0 saturated carbocycles. The van der Waals surface area contributed by atoms with Crippen LogP contribution in [0.2, 0.25) is 0 Å². The van der Waals surface area contributed by atoms with Crippen molar-refractivity contribution >= 4 is 11.8 Å². The maximum absolute atomic E-state index is 8.34. The predicted octanol–water partition coefficient (Wildman–Crippen LogP) is 1.72. The molecule has 0 fully saturated rings. The summed E-state index contributed by atoms with van der Waals surface area (Å²) in [6.45, 7) is 4.38. The summed E-state index contributed by atoms with van der Waals surface area (Å²) in [5.74, 6) is 2.13. The normalized spacial score (nSPS) is 10.5. The second kappa shape index (κ2) is 5.45. The molecule has 0 aliphatic rings. The van der Waals surface area contributed by atoms with Gasteiger partial charge in [0.1, 0.15) is 0 Å². The van der Waals surface area contributed by atoms with Gasteiger partial charge in [0, 0.05) is 0 Å². The lowest BCUT2D eigenvalue weighted by Crippen LogP contribution is -1.89. The number of aliphatic hydroxyl groups excluding tert-OH is 1. The molecule has 0 spiro atoms. The molecule has 0 aromatic rings. The lowest BCUT2D eigenvalue weighted by atomic mass is 10.2. The molecule has 0 atom stereocenters. The summed E-state index contributed by atoms with van der Waals surface area (Å²) >= 11 is 1.59. The third kappa shape index (κ3) is 6.31. The average molecular weight is 134 g/mol. The van der Waals surface area contributed by atoms with E-state index in [1.807, 2.05) is 0 Å². The van der Waals surface area contributed by atoms with Crippen molar-refractivity contribution in [3.8, 4) is 0 Å². The molecular weight excluding hydrogens is 120 g/mol. The lowest BCUT2D eigenvalue weighted by Gasteiger charge is -2.00. The van der Waals surface area contributed by atoms with Gasteiger partial charge in [0.05, 0.1) is 5.94 Å². The van der Waals surface area contributed by atoms with E-state index >= 15 is 0 Å². The van der Waals surface area contributed by atoms with Crippen molar-refractivity contribution in [2.75, 3.05) is 11.7 Å². The largest absolute Gasteiger partial charge is 0.386 e. The highest BCUT2D eigenvalue weighted by Crippen LogP contribution is 2.06. The highest BCUT2D eigenvalue weighted by atomic mass is 32.2. The van der Waals surface area contributed by atoms with Crippen LogP contribution >= 0.6 is 11.8 Å². The van der Waals surface area contributed by atoms with Crippen molar-refractivity contribution in [3.05, 3.63) is 0 Å². The molecule has 0 aromatic heterocycles. The van der Waals surface area contributed by atoms with Gasteiger partial charge >= 0.3 is 0 Å². The zero-order chi connectivity index (χ0) is 6.41. The molecule has 0 unspecified atom stereocenters. The molecule has 0 aromatic carbocycles. The topological polar surface area (TPSA) is 20.2 Å². The van der Waals surface area contributed by atoms with Crippen molar-refractivity contribution in [1.82, 2.24) is 0 Å². The molecule has 0 bridgehead atoms. The zero-order valence-corrected chi connectivity index (χ0v) is 6.37. The predicted molar refractivity (Wildman–Crippen MR) is 39.0 cm³/mol. The van der Waals surface area contributed by atoms with E-state index < -0.39 is 0 Å². The molecule has 0 radical (unpaired) electrons. The Morgan fingerprint density at radius 2 is 2.12 bits per heavy atom. The summed E-state index contributed by atoms with van der Waals surface area (Å²) in [5.41, 5.74) is 0. The van der Waals surface area contributed by atoms with Gasteiger partial charge in [-0.1, -0.05) is 13.8 Å². The lowest BCUT2D eigenvalue weighted by molar-refractivity contribution is 0.375. The van der Waals surface area contributed by atoms with Crippen LogP contribution in [0.4, 0.5) is 0 Å². The maximum Gasteiger partial charge on any atom is 0.0885 e. The van der Waals surface area contributed by atoms with Gasteiger partial charge in [-0.15, -0.1) is 11.8 Å². The van der Waals surface area contributed by atoms with Crippen LogP contribution in [0.25, 0.3) is 0 Å². The van der Waals surface area contributed by atoms with E-state index in [2.05, 4.69) is 13.8 Å². The minimum absolute atomic E-state index is 0.271. The van der Waals surface area contributed by atoms with E-state index in [1.165, 1.54) is 6.42 Å². The summed E-state index contributed by atoms with van der Waals surface area (Å²) in [6, 6.07) is 0. The number of hydrogen-bond donors (Lipinski definition) is 1.